The van der Waals surface area contributed by atoms with Crippen molar-refractivity contribution in [2.45, 2.75) is 6.61 Å². The molecule has 5 heteroatoms. The molecule has 0 aliphatic rings. The third-order valence-corrected chi connectivity index (χ3v) is 2.04. The lowest BCUT2D eigenvalue weighted by atomic mass is 10.2. The maximum absolute atomic E-state index is 10.8. The monoisotopic (exact) mass is 336 g/mol. The fourth-order valence-corrected chi connectivity index (χ4v) is 1.29. The van der Waals surface area contributed by atoms with Gasteiger partial charge in [-0.2, -0.15) is 0 Å². The van der Waals surface area contributed by atoms with Gasteiger partial charge in [0, 0.05) is 0 Å². The van der Waals surface area contributed by atoms with Gasteiger partial charge in [0.25, 0.3) is 0 Å². The minimum absolute atomic E-state index is 0.211. The van der Waals surface area contributed by atoms with Gasteiger partial charge in [0.05, 0.1) is 13.2 Å². The van der Waals surface area contributed by atoms with E-state index in [0.717, 1.165) is 5.56 Å². The van der Waals surface area contributed by atoms with Gasteiger partial charge < -0.3 is 14.2 Å². The van der Waals surface area contributed by atoms with E-state index in [1.165, 1.54) is 0 Å². The van der Waals surface area contributed by atoms with Gasteiger partial charge in [-0.05, 0) is 28.2 Å². The van der Waals surface area contributed by atoms with Crippen LogP contribution in [0.3, 0.4) is 0 Å². The molecule has 0 aromatic heterocycles. The highest BCUT2D eigenvalue weighted by Crippen LogP contribution is 2.00. The summed E-state index contributed by atoms with van der Waals surface area (Å²) < 4.78 is 14.9. The predicted molar refractivity (Wildman–Crippen MR) is 67.4 cm³/mol. The smallest absolute Gasteiger partial charge is 0.432 e. The largest absolute Gasteiger partial charge is 0.509 e. The van der Waals surface area contributed by atoms with Crippen LogP contribution in [0.4, 0.5) is 4.79 Å². The molecule has 0 fully saturated rings. The molecule has 0 amide bonds. The van der Waals surface area contributed by atoms with E-state index < -0.39 is 6.16 Å². The number of ether oxygens (including phenoxy) is 3. The first-order valence-electron chi connectivity index (χ1n) is 4.80. The van der Waals surface area contributed by atoms with E-state index in [1.807, 2.05) is 52.9 Å². The molecular formula is C11H13IO4. The molecule has 1 aromatic carbocycles. The normalized spacial score (nSPS) is 9.81. The van der Waals surface area contributed by atoms with Crippen LogP contribution in [0.5, 0.6) is 0 Å². The molecule has 0 saturated heterocycles. The van der Waals surface area contributed by atoms with Crippen LogP contribution < -0.4 is 0 Å². The first kappa shape index (κ1) is 13.2. The van der Waals surface area contributed by atoms with E-state index in [9.17, 15) is 4.79 Å². The second kappa shape index (κ2) is 8.35. The molecule has 1 aromatic rings. The van der Waals surface area contributed by atoms with E-state index in [0.29, 0.717) is 17.8 Å². The van der Waals surface area contributed by atoms with Crippen molar-refractivity contribution in [3.8, 4) is 0 Å². The second-order valence-corrected chi connectivity index (χ2v) is 3.51. The number of carbonyl (C=O) groups is 1. The van der Waals surface area contributed by atoms with E-state index >= 15 is 0 Å². The molecule has 0 heterocycles. The van der Waals surface area contributed by atoms with Crippen molar-refractivity contribution in [1.29, 1.82) is 0 Å². The van der Waals surface area contributed by atoms with E-state index in [1.54, 1.807) is 0 Å². The van der Waals surface area contributed by atoms with Crippen molar-refractivity contribution >= 4 is 28.7 Å². The Hall–Kier alpha value is -0.820. The molecular weight excluding hydrogens is 323 g/mol. The Balaban J connectivity index is 2.02. The van der Waals surface area contributed by atoms with E-state index in [2.05, 4.69) is 4.74 Å². The summed E-state index contributed by atoms with van der Waals surface area (Å²) in [4.78, 5) is 10.8. The number of carbonyl (C=O) groups excluding carboxylic acids is 1. The Kier molecular flexibility index (Phi) is 6.91. The lowest BCUT2D eigenvalue weighted by Gasteiger charge is -2.05. The molecule has 0 aliphatic carbocycles. The van der Waals surface area contributed by atoms with Gasteiger partial charge in [0.1, 0.15) is 11.2 Å². The average molecular weight is 336 g/mol. The van der Waals surface area contributed by atoms with Crippen LogP contribution in [0.25, 0.3) is 0 Å². The Labute approximate surface area is 108 Å². The zero-order valence-electron chi connectivity index (χ0n) is 8.73. The Bertz CT molecular complexity index is 302. The standard InChI is InChI=1S/C11H13IO4/c12-9-16-11(13)15-7-6-14-8-10-4-2-1-3-5-10/h1-5H,6-9H2. The number of hydrogen-bond acceptors (Lipinski definition) is 4. The molecule has 0 unspecified atom stereocenters. The fraction of sp³-hybridized carbons (Fsp3) is 0.364. The third-order valence-electron chi connectivity index (χ3n) is 1.73. The van der Waals surface area contributed by atoms with Gasteiger partial charge >= 0.3 is 6.16 Å². The van der Waals surface area contributed by atoms with Crippen molar-refractivity contribution in [3.63, 3.8) is 0 Å². The number of alkyl halides is 1. The molecule has 0 spiro atoms. The molecule has 4 nitrogen and oxygen atoms in total. The van der Waals surface area contributed by atoms with Crippen molar-refractivity contribution in [3.05, 3.63) is 35.9 Å². The van der Waals surface area contributed by atoms with Crippen LogP contribution in [0.1, 0.15) is 5.56 Å². The third kappa shape index (κ3) is 5.92. The second-order valence-electron chi connectivity index (χ2n) is 2.89. The summed E-state index contributed by atoms with van der Waals surface area (Å²) in [5, 5.41) is 0. The molecule has 0 aliphatic heterocycles. The fourth-order valence-electron chi connectivity index (χ4n) is 1.03. The summed E-state index contributed by atoms with van der Waals surface area (Å²) in [6.07, 6.45) is -0.655. The van der Waals surface area contributed by atoms with Crippen molar-refractivity contribution in [1.82, 2.24) is 0 Å². The van der Waals surface area contributed by atoms with Crippen LogP contribution in [0.2, 0.25) is 0 Å². The average Bonchev–Trinajstić information content (AvgIpc) is 2.30. The summed E-state index contributed by atoms with van der Waals surface area (Å²) in [6.45, 7) is 1.10. The molecule has 1 rings (SSSR count). The first-order chi connectivity index (χ1) is 7.83. The van der Waals surface area contributed by atoms with Gasteiger partial charge in [-0.15, -0.1) is 0 Å². The topological polar surface area (TPSA) is 44.8 Å². The summed E-state index contributed by atoms with van der Waals surface area (Å²) in [6, 6.07) is 9.81. The molecule has 16 heavy (non-hydrogen) atoms. The van der Waals surface area contributed by atoms with Crippen LogP contribution in [-0.2, 0) is 20.8 Å². The minimum Gasteiger partial charge on any atom is -0.432 e. The highest BCUT2D eigenvalue weighted by molar-refractivity contribution is 14.1. The van der Waals surface area contributed by atoms with Crippen LogP contribution in [0, 0.1) is 0 Å². The molecule has 0 N–H and O–H groups in total. The highest BCUT2D eigenvalue weighted by atomic mass is 127. The van der Waals surface area contributed by atoms with Crippen LogP contribution in [-0.4, -0.2) is 24.0 Å². The summed E-state index contributed by atoms with van der Waals surface area (Å²) >= 11 is 1.92. The van der Waals surface area contributed by atoms with E-state index in [-0.39, 0.29) is 6.61 Å². The van der Waals surface area contributed by atoms with Gasteiger partial charge in [0.15, 0.2) is 0 Å². The quantitative estimate of drug-likeness (QED) is 0.347. The summed E-state index contributed by atoms with van der Waals surface area (Å²) in [7, 11) is 0. The molecule has 0 saturated carbocycles. The zero-order chi connectivity index (χ0) is 11.6. The van der Waals surface area contributed by atoms with Crippen LogP contribution in [0.15, 0.2) is 30.3 Å². The lowest BCUT2D eigenvalue weighted by molar-refractivity contribution is 0.0321. The maximum Gasteiger partial charge on any atom is 0.509 e. The van der Waals surface area contributed by atoms with Gasteiger partial charge in [-0.3, -0.25) is 0 Å². The Morgan fingerprint density at radius 2 is 1.88 bits per heavy atom. The SMILES string of the molecule is O=C(OCI)OCCOCc1ccccc1. The minimum atomic E-state index is -0.655. The lowest BCUT2D eigenvalue weighted by Crippen LogP contribution is -2.11. The Morgan fingerprint density at radius 3 is 2.56 bits per heavy atom. The summed E-state index contributed by atoms with van der Waals surface area (Å²) in [5.74, 6) is 0. The summed E-state index contributed by atoms with van der Waals surface area (Å²) in [5.41, 5.74) is 1.09. The predicted octanol–water partition coefficient (Wildman–Crippen LogP) is 2.75. The number of hydrogen-bond donors (Lipinski definition) is 0. The van der Waals surface area contributed by atoms with Crippen molar-refractivity contribution in [2.24, 2.45) is 0 Å². The highest BCUT2D eigenvalue weighted by Gasteiger charge is 2.01. The van der Waals surface area contributed by atoms with Gasteiger partial charge in [-0.25, -0.2) is 4.79 Å². The maximum atomic E-state index is 10.8. The van der Waals surface area contributed by atoms with Gasteiger partial charge in [-0.1, -0.05) is 30.3 Å². The zero-order valence-corrected chi connectivity index (χ0v) is 10.9. The molecule has 88 valence electrons. The number of rotatable bonds is 6. The van der Waals surface area contributed by atoms with Gasteiger partial charge in [0.2, 0.25) is 0 Å². The number of benzene rings is 1. The van der Waals surface area contributed by atoms with Crippen molar-refractivity contribution < 1.29 is 19.0 Å². The first-order valence-corrected chi connectivity index (χ1v) is 6.32. The number of halogens is 1. The molecule has 0 bridgehead atoms. The molecule has 0 atom stereocenters. The molecule has 0 radical (unpaired) electrons. The van der Waals surface area contributed by atoms with E-state index in [4.69, 9.17) is 9.47 Å². The Morgan fingerprint density at radius 1 is 1.12 bits per heavy atom. The van der Waals surface area contributed by atoms with Crippen LogP contribution >= 0.6 is 22.6 Å². The van der Waals surface area contributed by atoms with Crippen molar-refractivity contribution in [2.75, 3.05) is 17.8 Å².